The van der Waals surface area contributed by atoms with E-state index in [1.807, 2.05) is 0 Å². The molecule has 0 spiro atoms. The van der Waals surface area contributed by atoms with Gasteiger partial charge in [0.25, 0.3) is 0 Å². The highest BCUT2D eigenvalue weighted by Crippen LogP contribution is 2.24. The quantitative estimate of drug-likeness (QED) is 0.908. The van der Waals surface area contributed by atoms with Gasteiger partial charge in [-0.05, 0) is 25.0 Å². The van der Waals surface area contributed by atoms with Crippen molar-refractivity contribution in [3.63, 3.8) is 0 Å². The van der Waals surface area contributed by atoms with E-state index in [0.29, 0.717) is 16.3 Å². The van der Waals surface area contributed by atoms with Crippen molar-refractivity contribution >= 4 is 15.9 Å². The van der Waals surface area contributed by atoms with Crippen LogP contribution >= 0.6 is 15.9 Å². The van der Waals surface area contributed by atoms with Crippen molar-refractivity contribution < 1.29 is 9.13 Å². The van der Waals surface area contributed by atoms with Crippen LogP contribution in [0, 0.1) is 5.82 Å². The first-order valence-electron chi connectivity index (χ1n) is 6.37. The molecule has 1 aromatic heterocycles. The van der Waals surface area contributed by atoms with Crippen molar-refractivity contribution in [1.82, 2.24) is 15.3 Å². The van der Waals surface area contributed by atoms with Gasteiger partial charge < -0.3 is 10.1 Å². The molecule has 0 bridgehead atoms. The highest BCUT2D eigenvalue weighted by Gasteiger charge is 2.19. The summed E-state index contributed by atoms with van der Waals surface area (Å²) in [5.41, 5.74) is 1.00. The second-order valence-corrected chi connectivity index (χ2v) is 5.65. The maximum absolute atomic E-state index is 13.2. The Balaban J connectivity index is 1.64. The Hall–Kier alpha value is -1.53. The van der Waals surface area contributed by atoms with E-state index in [2.05, 4.69) is 31.2 Å². The van der Waals surface area contributed by atoms with Gasteiger partial charge in [0.15, 0.2) is 0 Å². The van der Waals surface area contributed by atoms with Gasteiger partial charge in [-0.1, -0.05) is 15.9 Å². The first-order chi connectivity index (χ1) is 9.69. The molecule has 0 unspecified atom stereocenters. The lowest BCUT2D eigenvalue weighted by Crippen LogP contribution is -2.15. The fraction of sp³-hybridized carbons (Fsp3) is 0.286. The molecule has 0 amide bonds. The zero-order chi connectivity index (χ0) is 13.9. The zero-order valence-corrected chi connectivity index (χ0v) is 12.2. The number of rotatable bonds is 5. The molecule has 1 heterocycles. The van der Waals surface area contributed by atoms with E-state index < -0.39 is 0 Å². The summed E-state index contributed by atoms with van der Waals surface area (Å²) in [5.74, 6) is -0.0136. The number of benzene rings is 1. The first kappa shape index (κ1) is 13.5. The highest BCUT2D eigenvalue weighted by molar-refractivity contribution is 9.10. The smallest absolute Gasteiger partial charge is 0.321 e. The van der Waals surface area contributed by atoms with Gasteiger partial charge in [-0.15, -0.1) is 0 Å². The standard InChI is InChI=1S/C14H13BrFN3O/c15-10-3-11(16)5-13(4-10)20-14-18-7-9(8-19-14)6-17-12-1-2-12/h3-5,7-8,12,17H,1-2,6H2. The van der Waals surface area contributed by atoms with Crippen molar-refractivity contribution in [1.29, 1.82) is 0 Å². The van der Waals surface area contributed by atoms with E-state index >= 15 is 0 Å². The molecule has 2 aromatic rings. The molecule has 1 N–H and O–H groups in total. The number of nitrogens with zero attached hydrogens (tertiary/aromatic N) is 2. The van der Waals surface area contributed by atoms with Crippen molar-refractivity contribution in [2.24, 2.45) is 0 Å². The summed E-state index contributed by atoms with van der Waals surface area (Å²) < 4.78 is 19.2. The Bertz CT molecular complexity index is 582. The van der Waals surface area contributed by atoms with Crippen LogP contribution in [0.15, 0.2) is 35.1 Å². The van der Waals surface area contributed by atoms with Gasteiger partial charge in [-0.2, -0.15) is 0 Å². The fourth-order valence-corrected chi connectivity index (χ4v) is 2.17. The lowest BCUT2D eigenvalue weighted by atomic mass is 10.3. The summed E-state index contributed by atoms with van der Waals surface area (Å²) in [6.07, 6.45) is 5.92. The third kappa shape index (κ3) is 3.74. The lowest BCUT2D eigenvalue weighted by Gasteiger charge is -2.06. The van der Waals surface area contributed by atoms with E-state index in [0.717, 1.165) is 12.1 Å². The second-order valence-electron chi connectivity index (χ2n) is 4.74. The second kappa shape index (κ2) is 5.85. The van der Waals surface area contributed by atoms with Gasteiger partial charge in [0, 0.05) is 41.1 Å². The van der Waals surface area contributed by atoms with Crippen LogP contribution in [0.1, 0.15) is 18.4 Å². The third-order valence-electron chi connectivity index (χ3n) is 2.90. The number of nitrogens with one attached hydrogen (secondary N) is 1. The predicted molar refractivity (Wildman–Crippen MR) is 76.1 cm³/mol. The summed E-state index contributed by atoms with van der Waals surface area (Å²) in [4.78, 5) is 8.24. The van der Waals surface area contributed by atoms with Crippen molar-refractivity contribution in [3.05, 3.63) is 46.4 Å². The molecule has 1 fully saturated rings. The molecule has 1 aliphatic rings. The Labute approximate surface area is 124 Å². The molecule has 20 heavy (non-hydrogen) atoms. The topological polar surface area (TPSA) is 47.0 Å². The molecule has 0 atom stereocenters. The molecular formula is C14H13BrFN3O. The third-order valence-corrected chi connectivity index (χ3v) is 3.36. The fourth-order valence-electron chi connectivity index (χ4n) is 1.73. The van der Waals surface area contributed by atoms with E-state index in [1.165, 1.54) is 25.0 Å². The molecule has 0 radical (unpaired) electrons. The Kier molecular flexibility index (Phi) is 3.93. The van der Waals surface area contributed by atoms with Crippen LogP contribution in [0.5, 0.6) is 11.8 Å². The minimum Gasteiger partial charge on any atom is -0.424 e. The molecular weight excluding hydrogens is 325 g/mol. The van der Waals surface area contributed by atoms with Gasteiger partial charge in [0.2, 0.25) is 0 Å². The molecule has 104 valence electrons. The van der Waals surface area contributed by atoms with E-state index in [1.54, 1.807) is 18.5 Å². The normalized spacial score (nSPS) is 14.3. The minimum absolute atomic E-state index is 0.206. The van der Waals surface area contributed by atoms with Gasteiger partial charge in [-0.3, -0.25) is 0 Å². The zero-order valence-electron chi connectivity index (χ0n) is 10.6. The molecule has 6 heteroatoms. The summed E-state index contributed by atoms with van der Waals surface area (Å²) in [5, 5.41) is 3.38. The summed E-state index contributed by atoms with van der Waals surface area (Å²) >= 11 is 3.21. The van der Waals surface area contributed by atoms with E-state index in [-0.39, 0.29) is 11.8 Å². The largest absolute Gasteiger partial charge is 0.424 e. The molecule has 1 saturated carbocycles. The average molecular weight is 338 g/mol. The first-order valence-corrected chi connectivity index (χ1v) is 7.16. The van der Waals surface area contributed by atoms with Crippen LogP contribution in [-0.2, 0) is 6.54 Å². The van der Waals surface area contributed by atoms with Gasteiger partial charge in [-0.25, -0.2) is 14.4 Å². The Morgan fingerprint density at radius 1 is 1.25 bits per heavy atom. The number of hydrogen-bond donors (Lipinski definition) is 1. The Morgan fingerprint density at radius 2 is 2.00 bits per heavy atom. The Morgan fingerprint density at radius 3 is 2.65 bits per heavy atom. The monoisotopic (exact) mass is 337 g/mol. The van der Waals surface area contributed by atoms with Crippen molar-refractivity contribution in [2.75, 3.05) is 0 Å². The van der Waals surface area contributed by atoms with Gasteiger partial charge in [0.05, 0.1) is 0 Å². The van der Waals surface area contributed by atoms with Gasteiger partial charge in [0.1, 0.15) is 11.6 Å². The van der Waals surface area contributed by atoms with Crippen molar-refractivity contribution in [3.8, 4) is 11.8 Å². The molecule has 4 nitrogen and oxygen atoms in total. The lowest BCUT2D eigenvalue weighted by molar-refractivity contribution is 0.436. The molecule has 1 aromatic carbocycles. The maximum Gasteiger partial charge on any atom is 0.321 e. The van der Waals surface area contributed by atoms with Crippen LogP contribution in [0.3, 0.4) is 0 Å². The molecule has 3 rings (SSSR count). The highest BCUT2D eigenvalue weighted by atomic mass is 79.9. The van der Waals surface area contributed by atoms with Crippen LogP contribution in [0.4, 0.5) is 4.39 Å². The number of aromatic nitrogens is 2. The number of hydrogen-bond acceptors (Lipinski definition) is 4. The SMILES string of the molecule is Fc1cc(Br)cc(Oc2ncc(CNC3CC3)cn2)c1. The number of halogens is 2. The van der Waals surface area contributed by atoms with Crippen LogP contribution in [0.25, 0.3) is 0 Å². The maximum atomic E-state index is 13.2. The van der Waals surface area contributed by atoms with E-state index in [9.17, 15) is 4.39 Å². The van der Waals surface area contributed by atoms with E-state index in [4.69, 9.17) is 4.74 Å². The molecule has 1 aliphatic carbocycles. The van der Waals surface area contributed by atoms with Crippen LogP contribution in [-0.4, -0.2) is 16.0 Å². The minimum atomic E-state index is -0.375. The molecule has 0 aliphatic heterocycles. The van der Waals surface area contributed by atoms with Crippen molar-refractivity contribution in [2.45, 2.75) is 25.4 Å². The number of ether oxygens (including phenoxy) is 1. The molecule has 0 saturated heterocycles. The summed E-state index contributed by atoms with van der Waals surface area (Å²) in [7, 11) is 0. The average Bonchev–Trinajstić information content (AvgIpc) is 3.21. The van der Waals surface area contributed by atoms with Gasteiger partial charge >= 0.3 is 6.01 Å². The van der Waals surface area contributed by atoms with Crippen LogP contribution < -0.4 is 10.1 Å². The predicted octanol–water partition coefficient (Wildman–Crippen LogP) is 3.42. The summed E-state index contributed by atoms with van der Waals surface area (Å²) in [6, 6.07) is 5.17. The summed E-state index contributed by atoms with van der Waals surface area (Å²) in [6.45, 7) is 0.760. The van der Waals surface area contributed by atoms with Crippen LogP contribution in [0.2, 0.25) is 0 Å².